The number of aromatic nitrogens is 1. The zero-order valence-corrected chi connectivity index (χ0v) is 12.2. The average Bonchev–Trinajstić information content (AvgIpc) is 2.67. The van der Waals surface area contributed by atoms with E-state index in [1.807, 2.05) is 0 Å². The number of alkyl halides is 3. The molecule has 0 spiro atoms. The fraction of sp³-hybridized carbons (Fsp3) is 0.385. The van der Waals surface area contributed by atoms with Crippen molar-refractivity contribution in [2.45, 2.75) is 26.2 Å². The van der Waals surface area contributed by atoms with Crippen LogP contribution in [0.5, 0.6) is 0 Å². The van der Waals surface area contributed by atoms with Gasteiger partial charge in [-0.25, -0.2) is 4.39 Å². The molecular formula is C13H13BrF4N2. The zero-order chi connectivity index (χ0) is 15.1. The summed E-state index contributed by atoms with van der Waals surface area (Å²) in [7, 11) is 0. The van der Waals surface area contributed by atoms with Gasteiger partial charge >= 0.3 is 6.18 Å². The SMILES string of the molecule is CC(Cn1cc(CN)c2cc(F)c(Br)cc21)C(F)(F)F. The van der Waals surface area contributed by atoms with E-state index in [9.17, 15) is 17.6 Å². The molecule has 110 valence electrons. The van der Waals surface area contributed by atoms with Gasteiger partial charge in [0.1, 0.15) is 5.82 Å². The number of hydrogen-bond donors (Lipinski definition) is 1. The van der Waals surface area contributed by atoms with Gasteiger partial charge in [0.15, 0.2) is 0 Å². The highest BCUT2D eigenvalue weighted by Gasteiger charge is 2.36. The van der Waals surface area contributed by atoms with Crippen molar-refractivity contribution in [2.75, 3.05) is 0 Å². The summed E-state index contributed by atoms with van der Waals surface area (Å²) in [6.07, 6.45) is -2.71. The fourth-order valence-corrected chi connectivity index (χ4v) is 2.40. The summed E-state index contributed by atoms with van der Waals surface area (Å²) in [5.41, 5.74) is 6.73. The highest BCUT2D eigenvalue weighted by Crippen LogP contribution is 2.31. The summed E-state index contributed by atoms with van der Waals surface area (Å²) >= 11 is 3.05. The maximum Gasteiger partial charge on any atom is 0.393 e. The van der Waals surface area contributed by atoms with Crippen molar-refractivity contribution in [1.82, 2.24) is 4.57 Å². The molecule has 2 nitrogen and oxygen atoms in total. The predicted molar refractivity (Wildman–Crippen MR) is 72.7 cm³/mol. The molecule has 1 atom stereocenters. The molecular weight excluding hydrogens is 340 g/mol. The number of fused-ring (bicyclic) bond motifs is 1. The largest absolute Gasteiger partial charge is 0.393 e. The van der Waals surface area contributed by atoms with E-state index in [0.29, 0.717) is 16.5 Å². The smallest absolute Gasteiger partial charge is 0.346 e. The molecule has 0 saturated carbocycles. The molecule has 0 saturated heterocycles. The maximum absolute atomic E-state index is 13.5. The molecule has 0 aliphatic heterocycles. The summed E-state index contributed by atoms with van der Waals surface area (Å²) in [4.78, 5) is 0. The average molecular weight is 353 g/mol. The second kappa shape index (κ2) is 5.37. The number of halogens is 5. The van der Waals surface area contributed by atoms with Gasteiger partial charge in [0.25, 0.3) is 0 Å². The van der Waals surface area contributed by atoms with Crippen LogP contribution < -0.4 is 5.73 Å². The molecule has 20 heavy (non-hydrogen) atoms. The van der Waals surface area contributed by atoms with E-state index in [-0.39, 0.29) is 17.6 Å². The zero-order valence-electron chi connectivity index (χ0n) is 10.6. The second-order valence-corrected chi connectivity index (χ2v) is 5.59. The molecule has 7 heteroatoms. The van der Waals surface area contributed by atoms with Crippen LogP contribution in [0.3, 0.4) is 0 Å². The van der Waals surface area contributed by atoms with E-state index >= 15 is 0 Å². The molecule has 1 heterocycles. The second-order valence-electron chi connectivity index (χ2n) is 4.74. The molecule has 1 aromatic heterocycles. The van der Waals surface area contributed by atoms with Crippen LogP contribution in [-0.4, -0.2) is 10.7 Å². The standard InChI is InChI=1S/C13H13BrF4N2/c1-7(13(16,17)18)5-20-6-8(4-19)9-2-11(15)10(14)3-12(9)20/h2-3,6-7H,4-5,19H2,1H3. The lowest BCUT2D eigenvalue weighted by atomic mass is 10.1. The molecule has 0 radical (unpaired) electrons. The van der Waals surface area contributed by atoms with Crippen LogP contribution in [0.15, 0.2) is 22.8 Å². The van der Waals surface area contributed by atoms with Crippen molar-refractivity contribution in [2.24, 2.45) is 11.7 Å². The third-order valence-corrected chi connectivity index (χ3v) is 3.86. The molecule has 0 aliphatic carbocycles. The summed E-state index contributed by atoms with van der Waals surface area (Å²) < 4.78 is 53.2. The summed E-state index contributed by atoms with van der Waals surface area (Å²) in [5.74, 6) is -1.96. The highest BCUT2D eigenvalue weighted by molar-refractivity contribution is 9.10. The first-order chi connectivity index (χ1) is 9.24. The van der Waals surface area contributed by atoms with Crippen LogP contribution in [0, 0.1) is 11.7 Å². The summed E-state index contributed by atoms with van der Waals surface area (Å²) in [6.45, 7) is 1.04. The quantitative estimate of drug-likeness (QED) is 0.824. The van der Waals surface area contributed by atoms with E-state index in [0.717, 1.165) is 6.92 Å². The summed E-state index contributed by atoms with van der Waals surface area (Å²) in [6, 6.07) is 2.77. The molecule has 0 bridgehead atoms. The number of rotatable bonds is 3. The molecule has 2 aromatic rings. The Bertz CT molecular complexity index is 633. The molecule has 0 fully saturated rings. The monoisotopic (exact) mass is 352 g/mol. The molecule has 0 amide bonds. The Morgan fingerprint density at radius 2 is 2.00 bits per heavy atom. The Balaban J connectivity index is 2.51. The Labute approximate surface area is 121 Å². The number of nitrogens with zero attached hydrogens (tertiary/aromatic N) is 1. The number of benzene rings is 1. The molecule has 2 rings (SSSR count). The van der Waals surface area contributed by atoms with Gasteiger partial charge in [-0.15, -0.1) is 0 Å². The van der Waals surface area contributed by atoms with Gasteiger partial charge in [-0.3, -0.25) is 0 Å². The predicted octanol–water partition coefficient (Wildman–Crippen LogP) is 4.20. The van der Waals surface area contributed by atoms with Crippen molar-refractivity contribution in [3.05, 3.63) is 34.2 Å². The van der Waals surface area contributed by atoms with Gasteiger partial charge in [-0.05, 0) is 33.6 Å². The third-order valence-electron chi connectivity index (χ3n) is 3.25. The minimum absolute atomic E-state index is 0.144. The first-order valence-corrected chi connectivity index (χ1v) is 6.77. The Hall–Kier alpha value is -1.08. The van der Waals surface area contributed by atoms with Gasteiger partial charge in [-0.2, -0.15) is 13.2 Å². The van der Waals surface area contributed by atoms with Gasteiger partial charge in [0.05, 0.1) is 10.4 Å². The first-order valence-electron chi connectivity index (χ1n) is 5.97. The topological polar surface area (TPSA) is 30.9 Å². The van der Waals surface area contributed by atoms with Crippen molar-refractivity contribution in [3.8, 4) is 0 Å². The lowest BCUT2D eigenvalue weighted by Gasteiger charge is -2.17. The fourth-order valence-electron chi connectivity index (χ4n) is 2.07. The minimum atomic E-state index is -4.27. The van der Waals surface area contributed by atoms with Gasteiger partial charge in [0.2, 0.25) is 0 Å². The maximum atomic E-state index is 13.5. The van der Waals surface area contributed by atoms with Crippen LogP contribution in [0.25, 0.3) is 10.9 Å². The van der Waals surface area contributed by atoms with E-state index in [1.165, 1.54) is 16.7 Å². The van der Waals surface area contributed by atoms with Crippen LogP contribution in [0.4, 0.5) is 17.6 Å². The van der Waals surface area contributed by atoms with Crippen molar-refractivity contribution >= 4 is 26.8 Å². The number of nitrogens with two attached hydrogens (primary N) is 1. The van der Waals surface area contributed by atoms with Crippen LogP contribution in [-0.2, 0) is 13.1 Å². The van der Waals surface area contributed by atoms with Crippen molar-refractivity contribution in [1.29, 1.82) is 0 Å². The van der Waals surface area contributed by atoms with Crippen LogP contribution >= 0.6 is 15.9 Å². The lowest BCUT2D eigenvalue weighted by Crippen LogP contribution is -2.24. The van der Waals surface area contributed by atoms with E-state index in [2.05, 4.69) is 15.9 Å². The molecule has 0 aliphatic rings. The molecule has 1 aromatic carbocycles. The molecule has 2 N–H and O–H groups in total. The summed E-state index contributed by atoms with van der Waals surface area (Å²) in [5, 5.41) is 0.544. The van der Waals surface area contributed by atoms with E-state index in [1.54, 1.807) is 6.20 Å². The van der Waals surface area contributed by atoms with Crippen LogP contribution in [0.1, 0.15) is 12.5 Å². The van der Waals surface area contributed by atoms with Crippen molar-refractivity contribution in [3.63, 3.8) is 0 Å². The number of hydrogen-bond acceptors (Lipinski definition) is 1. The Kier molecular flexibility index (Phi) is 4.11. The van der Waals surface area contributed by atoms with Gasteiger partial charge in [0, 0.05) is 30.2 Å². The normalized spacial score (nSPS) is 13.9. The Morgan fingerprint density at radius 3 is 2.55 bits per heavy atom. The third kappa shape index (κ3) is 2.83. The van der Waals surface area contributed by atoms with Gasteiger partial charge in [-0.1, -0.05) is 6.92 Å². The minimum Gasteiger partial charge on any atom is -0.346 e. The van der Waals surface area contributed by atoms with Crippen molar-refractivity contribution < 1.29 is 17.6 Å². The molecule has 1 unspecified atom stereocenters. The Morgan fingerprint density at radius 1 is 1.35 bits per heavy atom. The highest BCUT2D eigenvalue weighted by atomic mass is 79.9. The van der Waals surface area contributed by atoms with Crippen LogP contribution in [0.2, 0.25) is 0 Å². The van der Waals surface area contributed by atoms with E-state index < -0.39 is 17.9 Å². The van der Waals surface area contributed by atoms with E-state index in [4.69, 9.17) is 5.73 Å². The first kappa shape index (κ1) is 15.3. The van der Waals surface area contributed by atoms with Gasteiger partial charge < -0.3 is 10.3 Å². The lowest BCUT2D eigenvalue weighted by molar-refractivity contribution is -0.172.